The molecule has 6 nitrogen and oxygen atoms in total. The van der Waals surface area contributed by atoms with E-state index in [4.69, 9.17) is 0 Å². The summed E-state index contributed by atoms with van der Waals surface area (Å²) >= 11 is 0. The molecule has 0 unspecified atom stereocenters. The molecule has 2 fully saturated rings. The number of halogens is 1. The van der Waals surface area contributed by atoms with Crippen LogP contribution in [0.5, 0.6) is 0 Å². The topological polar surface area (TPSA) is 70.9 Å². The molecule has 3 rings (SSSR count). The lowest BCUT2D eigenvalue weighted by Gasteiger charge is -2.37. The van der Waals surface area contributed by atoms with Crippen molar-refractivity contribution >= 4 is 15.9 Å². The summed E-state index contributed by atoms with van der Waals surface area (Å²) in [4.78, 5) is 13.6. The lowest BCUT2D eigenvalue weighted by Crippen LogP contribution is -3.19. The smallest absolute Gasteiger partial charge is 0.278 e. The Balaban J connectivity index is 1.57. The van der Waals surface area contributed by atoms with E-state index in [0.717, 1.165) is 23.8 Å². The first-order valence-corrected chi connectivity index (χ1v) is 12.1. The molecule has 1 aromatic carbocycles. The van der Waals surface area contributed by atoms with E-state index in [0.29, 0.717) is 24.9 Å². The van der Waals surface area contributed by atoms with Crippen molar-refractivity contribution in [3.63, 3.8) is 0 Å². The van der Waals surface area contributed by atoms with Crippen LogP contribution in [-0.2, 0) is 14.8 Å². The quantitative estimate of drug-likeness (QED) is 0.739. The molecule has 0 radical (unpaired) electrons. The van der Waals surface area contributed by atoms with E-state index in [2.05, 4.69) is 19.2 Å². The Morgan fingerprint density at radius 3 is 2.52 bits per heavy atom. The Hall–Kier alpha value is -1.51. The third-order valence-corrected chi connectivity index (χ3v) is 8.79. The molecule has 0 spiro atoms. The maximum atomic E-state index is 14.0. The van der Waals surface area contributed by atoms with Crippen LogP contribution in [0.2, 0.25) is 0 Å². The Morgan fingerprint density at radius 1 is 1.21 bits per heavy atom. The first kappa shape index (κ1) is 22.2. The number of benzene rings is 1. The second-order valence-electron chi connectivity index (χ2n) is 8.60. The minimum absolute atomic E-state index is 0.0383. The number of quaternary nitrogens is 1. The Bertz CT molecular complexity index is 824. The van der Waals surface area contributed by atoms with Crippen molar-refractivity contribution in [2.75, 3.05) is 26.2 Å². The van der Waals surface area contributed by atoms with E-state index < -0.39 is 15.8 Å². The van der Waals surface area contributed by atoms with Crippen LogP contribution >= 0.6 is 0 Å². The number of piperazine rings is 1. The van der Waals surface area contributed by atoms with Gasteiger partial charge in [0, 0.05) is 6.04 Å². The maximum Gasteiger partial charge on any atom is 0.278 e. The van der Waals surface area contributed by atoms with Crippen molar-refractivity contribution in [1.82, 2.24) is 9.62 Å². The Morgan fingerprint density at radius 2 is 1.86 bits per heavy atom. The van der Waals surface area contributed by atoms with E-state index >= 15 is 0 Å². The number of nitrogens with one attached hydrogen (secondary N) is 2. The second-order valence-corrected chi connectivity index (χ2v) is 10.5. The molecule has 1 aliphatic heterocycles. The predicted molar refractivity (Wildman–Crippen MR) is 109 cm³/mol. The van der Waals surface area contributed by atoms with Gasteiger partial charge in [-0.05, 0) is 37.3 Å². The fourth-order valence-electron chi connectivity index (χ4n) is 4.52. The minimum atomic E-state index is -3.85. The molecule has 29 heavy (non-hydrogen) atoms. The molecular weight excluding hydrogens is 393 g/mol. The number of hydrogen-bond donors (Lipinski definition) is 2. The zero-order valence-corrected chi connectivity index (χ0v) is 18.3. The van der Waals surface area contributed by atoms with Gasteiger partial charge >= 0.3 is 0 Å². The third-order valence-electron chi connectivity index (χ3n) is 6.86. The summed E-state index contributed by atoms with van der Waals surface area (Å²) < 4.78 is 40.8. The summed E-state index contributed by atoms with van der Waals surface area (Å²) in [6, 6.07) is 5.44. The molecule has 1 heterocycles. The average molecular weight is 427 g/mol. The highest BCUT2D eigenvalue weighted by Gasteiger charge is 2.37. The van der Waals surface area contributed by atoms with Gasteiger partial charge in [0.25, 0.3) is 5.91 Å². The van der Waals surface area contributed by atoms with Crippen molar-refractivity contribution < 1.29 is 22.5 Å². The van der Waals surface area contributed by atoms with Crippen LogP contribution in [0.1, 0.15) is 40.0 Å². The van der Waals surface area contributed by atoms with E-state index in [-0.39, 0.29) is 36.0 Å². The second kappa shape index (κ2) is 9.10. The van der Waals surface area contributed by atoms with E-state index in [1.165, 1.54) is 28.9 Å². The van der Waals surface area contributed by atoms with Gasteiger partial charge in [-0.3, -0.25) is 4.79 Å². The molecule has 0 bridgehead atoms. The molecule has 162 valence electrons. The number of hydrogen-bond acceptors (Lipinski definition) is 3. The zero-order valence-electron chi connectivity index (χ0n) is 17.5. The molecule has 1 amide bonds. The van der Waals surface area contributed by atoms with Gasteiger partial charge in [0.1, 0.15) is 10.7 Å². The maximum absolute atomic E-state index is 14.0. The molecule has 1 saturated carbocycles. The number of rotatable bonds is 5. The minimum Gasteiger partial charge on any atom is -0.348 e. The Labute approximate surface area is 173 Å². The lowest BCUT2D eigenvalue weighted by atomic mass is 9.78. The summed E-state index contributed by atoms with van der Waals surface area (Å²) in [5.41, 5.74) is 0. The van der Waals surface area contributed by atoms with Gasteiger partial charge < -0.3 is 10.2 Å². The van der Waals surface area contributed by atoms with Crippen molar-refractivity contribution in [3.8, 4) is 0 Å². The van der Waals surface area contributed by atoms with Gasteiger partial charge in [-0.25, -0.2) is 12.8 Å². The number of carbonyl (C=O) groups is 1. The summed E-state index contributed by atoms with van der Waals surface area (Å²) in [5.74, 6) is 0.392. The monoisotopic (exact) mass is 426 g/mol. The van der Waals surface area contributed by atoms with E-state index in [1.807, 2.05) is 6.92 Å². The first-order chi connectivity index (χ1) is 13.7. The highest BCUT2D eigenvalue weighted by atomic mass is 32.2. The van der Waals surface area contributed by atoms with Crippen LogP contribution in [0.4, 0.5) is 4.39 Å². The van der Waals surface area contributed by atoms with Crippen LogP contribution in [0.25, 0.3) is 0 Å². The summed E-state index contributed by atoms with van der Waals surface area (Å²) in [6.07, 6.45) is 3.38. The van der Waals surface area contributed by atoms with Crippen LogP contribution in [-0.4, -0.2) is 56.9 Å². The molecule has 1 aromatic rings. The highest BCUT2D eigenvalue weighted by molar-refractivity contribution is 7.89. The molecular formula is C21H33FN3O3S+. The average Bonchev–Trinajstić information content (AvgIpc) is 2.71. The molecule has 8 heteroatoms. The Kier molecular flexibility index (Phi) is 6.96. The molecule has 1 saturated heterocycles. The van der Waals surface area contributed by atoms with Gasteiger partial charge in [-0.1, -0.05) is 38.8 Å². The predicted octanol–water partition coefficient (Wildman–Crippen LogP) is 1.04. The molecule has 2 N–H and O–H groups in total. The van der Waals surface area contributed by atoms with Gasteiger partial charge in [0.2, 0.25) is 10.0 Å². The highest BCUT2D eigenvalue weighted by Crippen LogP contribution is 2.29. The SMILES string of the molecule is C[C@@H]1[C@@H](C)CCC[C@H]1NC(=O)[C@@H](C)[NH+]1CCN(S(=O)(=O)c2ccccc2F)CC1. The normalized spacial score (nSPS) is 28.1. The van der Waals surface area contributed by atoms with Crippen molar-refractivity contribution in [2.45, 2.75) is 57.0 Å². The van der Waals surface area contributed by atoms with Crippen molar-refractivity contribution in [3.05, 3.63) is 30.1 Å². The summed E-state index contributed by atoms with van der Waals surface area (Å²) in [5, 5.41) is 3.23. The molecule has 0 aromatic heterocycles. The van der Waals surface area contributed by atoms with Gasteiger partial charge in [-0.15, -0.1) is 0 Å². The number of amides is 1. The largest absolute Gasteiger partial charge is 0.348 e. The van der Waals surface area contributed by atoms with Crippen LogP contribution < -0.4 is 10.2 Å². The van der Waals surface area contributed by atoms with Crippen LogP contribution in [0, 0.1) is 17.7 Å². The summed E-state index contributed by atoms with van der Waals surface area (Å²) in [6.45, 7) is 7.97. The van der Waals surface area contributed by atoms with Crippen molar-refractivity contribution in [1.29, 1.82) is 0 Å². The van der Waals surface area contributed by atoms with Crippen LogP contribution in [0.15, 0.2) is 29.2 Å². The third kappa shape index (κ3) is 4.81. The molecule has 2 aliphatic rings. The number of sulfonamides is 1. The fourth-order valence-corrected chi connectivity index (χ4v) is 6.03. The lowest BCUT2D eigenvalue weighted by molar-refractivity contribution is -0.917. The number of nitrogens with zero attached hydrogens (tertiary/aromatic N) is 1. The first-order valence-electron chi connectivity index (χ1n) is 10.6. The zero-order chi connectivity index (χ0) is 21.2. The number of carbonyl (C=O) groups excluding carboxylic acids is 1. The molecule has 4 atom stereocenters. The fraction of sp³-hybridized carbons (Fsp3) is 0.667. The standard InChI is InChI=1S/C21H32FN3O3S/c1-15-7-6-9-19(16(15)2)23-21(26)17(3)24-11-13-25(14-12-24)29(27,28)20-10-5-4-8-18(20)22/h4-5,8,10,15-17,19H,6-7,9,11-14H2,1-3H3,(H,23,26)/p+1/t15-,16+,17+,19+/m0/s1. The molecule has 1 aliphatic carbocycles. The summed E-state index contributed by atoms with van der Waals surface area (Å²) in [7, 11) is -3.85. The van der Waals surface area contributed by atoms with E-state index in [9.17, 15) is 17.6 Å². The van der Waals surface area contributed by atoms with Gasteiger partial charge in [0.15, 0.2) is 6.04 Å². The van der Waals surface area contributed by atoms with Gasteiger partial charge in [-0.2, -0.15) is 4.31 Å². The van der Waals surface area contributed by atoms with Crippen LogP contribution in [0.3, 0.4) is 0 Å². The van der Waals surface area contributed by atoms with Gasteiger partial charge in [0.05, 0.1) is 26.2 Å². The van der Waals surface area contributed by atoms with E-state index in [1.54, 1.807) is 0 Å². The van der Waals surface area contributed by atoms with Crippen molar-refractivity contribution in [2.24, 2.45) is 11.8 Å².